The molecule has 1 atom stereocenters. The lowest BCUT2D eigenvalue weighted by Crippen LogP contribution is -2.32. The third-order valence-corrected chi connectivity index (χ3v) is 2.02. The fourth-order valence-electron chi connectivity index (χ4n) is 1.37. The molecule has 0 aromatic heterocycles. The molecule has 2 nitrogen and oxygen atoms in total. The first-order valence-electron chi connectivity index (χ1n) is 5.07. The van der Waals surface area contributed by atoms with E-state index in [1.807, 2.05) is 0 Å². The van der Waals surface area contributed by atoms with Gasteiger partial charge in [0, 0.05) is 13.2 Å². The van der Waals surface area contributed by atoms with Crippen LogP contribution < -0.4 is 5.32 Å². The number of likely N-dealkylation sites (N-methyl/N-ethyl adjacent to an activating group) is 1. The fourth-order valence-corrected chi connectivity index (χ4v) is 1.37. The van der Waals surface area contributed by atoms with Crippen molar-refractivity contribution in [3.63, 3.8) is 0 Å². The highest BCUT2D eigenvalue weighted by molar-refractivity contribution is 4.64. The van der Waals surface area contributed by atoms with Crippen molar-refractivity contribution in [3.05, 3.63) is 0 Å². The predicted molar refractivity (Wildman–Crippen MR) is 53.5 cm³/mol. The number of hydrogen-bond donors (Lipinski definition) is 1. The molecule has 1 unspecified atom stereocenters. The minimum Gasteiger partial charge on any atom is -0.383 e. The Morgan fingerprint density at radius 1 is 1.25 bits per heavy atom. The molecule has 0 radical (unpaired) electrons. The minimum absolute atomic E-state index is 0.562. The Bertz CT molecular complexity index is 79.9. The molecule has 12 heavy (non-hydrogen) atoms. The van der Waals surface area contributed by atoms with Gasteiger partial charge < -0.3 is 10.1 Å². The largest absolute Gasteiger partial charge is 0.383 e. The van der Waals surface area contributed by atoms with Crippen LogP contribution in [0.25, 0.3) is 0 Å². The van der Waals surface area contributed by atoms with Crippen molar-refractivity contribution in [1.29, 1.82) is 0 Å². The van der Waals surface area contributed by atoms with Crippen LogP contribution in [0.1, 0.15) is 39.5 Å². The van der Waals surface area contributed by atoms with Gasteiger partial charge in [0.2, 0.25) is 0 Å². The lowest BCUT2D eigenvalue weighted by atomic mass is 10.1. The second-order valence-corrected chi connectivity index (χ2v) is 3.21. The summed E-state index contributed by atoms with van der Waals surface area (Å²) in [4.78, 5) is 0. The predicted octanol–water partition coefficient (Wildman–Crippen LogP) is 2.19. The van der Waals surface area contributed by atoms with Gasteiger partial charge in [-0.2, -0.15) is 0 Å². The highest BCUT2D eigenvalue weighted by Gasteiger charge is 2.04. The molecule has 1 N–H and O–H groups in total. The Morgan fingerprint density at radius 3 is 2.50 bits per heavy atom. The molecule has 0 aliphatic carbocycles. The highest BCUT2D eigenvalue weighted by atomic mass is 16.5. The number of rotatable bonds is 8. The Kier molecular flexibility index (Phi) is 8.95. The minimum atomic E-state index is 0.562. The summed E-state index contributed by atoms with van der Waals surface area (Å²) < 4.78 is 5.12. The van der Waals surface area contributed by atoms with Crippen LogP contribution in [-0.2, 0) is 4.74 Å². The normalized spacial score (nSPS) is 13.2. The number of ether oxygens (including phenoxy) is 1. The summed E-state index contributed by atoms with van der Waals surface area (Å²) in [5.74, 6) is 0. The van der Waals surface area contributed by atoms with E-state index in [1.165, 1.54) is 25.7 Å². The molecule has 0 spiro atoms. The van der Waals surface area contributed by atoms with E-state index in [9.17, 15) is 0 Å². The molecule has 2 heteroatoms. The Hall–Kier alpha value is -0.0800. The third kappa shape index (κ3) is 6.62. The van der Waals surface area contributed by atoms with Gasteiger partial charge in [-0.15, -0.1) is 0 Å². The summed E-state index contributed by atoms with van der Waals surface area (Å²) in [5, 5.41) is 3.42. The van der Waals surface area contributed by atoms with Gasteiger partial charge in [-0.1, -0.05) is 33.1 Å². The van der Waals surface area contributed by atoms with Crippen molar-refractivity contribution in [2.45, 2.75) is 45.6 Å². The van der Waals surface area contributed by atoms with Crippen molar-refractivity contribution in [3.8, 4) is 0 Å². The van der Waals surface area contributed by atoms with E-state index in [-0.39, 0.29) is 0 Å². The third-order valence-electron chi connectivity index (χ3n) is 2.02. The molecule has 0 saturated carbocycles. The molecule has 0 heterocycles. The van der Waals surface area contributed by atoms with Gasteiger partial charge in [0.25, 0.3) is 0 Å². The van der Waals surface area contributed by atoms with E-state index in [4.69, 9.17) is 4.74 Å². The average Bonchev–Trinajstić information content (AvgIpc) is 2.06. The number of methoxy groups -OCH3 is 1. The molecule has 0 bridgehead atoms. The van der Waals surface area contributed by atoms with Crippen molar-refractivity contribution < 1.29 is 4.74 Å². The summed E-state index contributed by atoms with van der Waals surface area (Å²) in [6.45, 7) is 6.26. The van der Waals surface area contributed by atoms with E-state index < -0.39 is 0 Å². The molecule has 0 fully saturated rings. The van der Waals surface area contributed by atoms with Gasteiger partial charge in [0.05, 0.1) is 6.61 Å². The molecule has 0 aromatic rings. The van der Waals surface area contributed by atoms with Gasteiger partial charge in [-0.25, -0.2) is 0 Å². The number of hydrogen-bond acceptors (Lipinski definition) is 2. The van der Waals surface area contributed by atoms with E-state index in [0.717, 1.165) is 13.2 Å². The fraction of sp³-hybridized carbons (Fsp3) is 1.00. The molecular weight excluding hydrogens is 150 g/mol. The van der Waals surface area contributed by atoms with Crippen LogP contribution in [0.3, 0.4) is 0 Å². The number of nitrogens with one attached hydrogen (secondary N) is 1. The van der Waals surface area contributed by atoms with E-state index in [1.54, 1.807) is 7.11 Å². The Morgan fingerprint density at radius 2 is 2.00 bits per heavy atom. The van der Waals surface area contributed by atoms with E-state index in [0.29, 0.717) is 6.04 Å². The Balaban J connectivity index is 3.34. The molecule has 0 aromatic carbocycles. The summed E-state index contributed by atoms with van der Waals surface area (Å²) in [6.07, 6.45) is 5.20. The average molecular weight is 173 g/mol. The molecule has 0 amide bonds. The van der Waals surface area contributed by atoms with Crippen molar-refractivity contribution in [1.82, 2.24) is 5.32 Å². The maximum atomic E-state index is 5.12. The van der Waals surface area contributed by atoms with Gasteiger partial charge in [0.15, 0.2) is 0 Å². The lowest BCUT2D eigenvalue weighted by molar-refractivity contribution is 0.162. The molecule has 74 valence electrons. The van der Waals surface area contributed by atoms with Gasteiger partial charge in [-0.3, -0.25) is 0 Å². The number of unbranched alkanes of at least 4 members (excludes halogenated alkanes) is 2. The summed E-state index contributed by atoms with van der Waals surface area (Å²) in [5.41, 5.74) is 0. The van der Waals surface area contributed by atoms with Gasteiger partial charge in [0.1, 0.15) is 0 Å². The first kappa shape index (κ1) is 11.9. The van der Waals surface area contributed by atoms with Crippen LogP contribution in [0.15, 0.2) is 0 Å². The molecule has 0 aliphatic rings. The van der Waals surface area contributed by atoms with Crippen LogP contribution in [0.2, 0.25) is 0 Å². The summed E-state index contributed by atoms with van der Waals surface area (Å²) in [7, 11) is 1.77. The first-order chi connectivity index (χ1) is 5.85. The maximum Gasteiger partial charge on any atom is 0.0615 e. The smallest absolute Gasteiger partial charge is 0.0615 e. The molecule has 0 saturated heterocycles. The highest BCUT2D eigenvalue weighted by Crippen LogP contribution is 2.03. The maximum absolute atomic E-state index is 5.12. The zero-order chi connectivity index (χ0) is 9.23. The van der Waals surface area contributed by atoms with Gasteiger partial charge in [-0.05, 0) is 13.0 Å². The standard InChI is InChI=1S/C10H23NO/c1-4-6-7-8-10(9-12-3)11-5-2/h10-11H,4-9H2,1-3H3. The quantitative estimate of drug-likeness (QED) is 0.568. The SMILES string of the molecule is CCCCCC(COC)NCC. The van der Waals surface area contributed by atoms with Crippen LogP contribution in [0, 0.1) is 0 Å². The van der Waals surface area contributed by atoms with Crippen LogP contribution >= 0.6 is 0 Å². The molecule has 0 rings (SSSR count). The second-order valence-electron chi connectivity index (χ2n) is 3.21. The van der Waals surface area contributed by atoms with Crippen LogP contribution in [-0.4, -0.2) is 26.3 Å². The summed E-state index contributed by atoms with van der Waals surface area (Å²) in [6, 6.07) is 0.562. The first-order valence-corrected chi connectivity index (χ1v) is 5.07. The van der Waals surface area contributed by atoms with Gasteiger partial charge >= 0.3 is 0 Å². The zero-order valence-corrected chi connectivity index (χ0v) is 8.73. The van der Waals surface area contributed by atoms with Crippen molar-refractivity contribution in [2.24, 2.45) is 0 Å². The Labute approximate surface area is 76.7 Å². The monoisotopic (exact) mass is 173 g/mol. The summed E-state index contributed by atoms with van der Waals surface area (Å²) >= 11 is 0. The van der Waals surface area contributed by atoms with Crippen LogP contribution in [0.4, 0.5) is 0 Å². The zero-order valence-electron chi connectivity index (χ0n) is 8.73. The van der Waals surface area contributed by atoms with Crippen molar-refractivity contribution in [2.75, 3.05) is 20.3 Å². The topological polar surface area (TPSA) is 21.3 Å². The van der Waals surface area contributed by atoms with E-state index >= 15 is 0 Å². The molecular formula is C10H23NO. The lowest BCUT2D eigenvalue weighted by Gasteiger charge is -2.16. The second kappa shape index (κ2) is 9.01. The van der Waals surface area contributed by atoms with Crippen molar-refractivity contribution >= 4 is 0 Å². The van der Waals surface area contributed by atoms with Crippen LogP contribution in [0.5, 0.6) is 0 Å². The molecule has 0 aliphatic heterocycles. The van der Waals surface area contributed by atoms with E-state index in [2.05, 4.69) is 19.2 Å².